The Bertz CT molecular complexity index is 1390. The Labute approximate surface area is 252 Å². The molecule has 10 heteroatoms. The molecule has 3 amide bonds. The molecule has 10 nitrogen and oxygen atoms in total. The summed E-state index contributed by atoms with van der Waals surface area (Å²) < 4.78 is 16.6. The SMILES string of the molecule is C=C[C@@H]1C[C@]1(NC(=O)C1CN(C(=O)OCC2c3ccccc3-c3ccccc32)CCN1C(=O)OC(C)(C)C)C(=O)OCC. The van der Waals surface area contributed by atoms with Gasteiger partial charge in [0, 0.05) is 24.9 Å². The average molecular weight is 590 g/mol. The highest BCUT2D eigenvalue weighted by molar-refractivity contribution is 5.95. The summed E-state index contributed by atoms with van der Waals surface area (Å²) in [4.78, 5) is 55.8. The van der Waals surface area contributed by atoms with E-state index in [0.717, 1.165) is 22.3 Å². The van der Waals surface area contributed by atoms with Crippen molar-refractivity contribution in [3.05, 3.63) is 72.3 Å². The smallest absolute Gasteiger partial charge is 0.411 e. The van der Waals surface area contributed by atoms with E-state index in [-0.39, 0.29) is 44.7 Å². The minimum absolute atomic E-state index is 0.0501. The molecular weight excluding hydrogens is 550 g/mol. The van der Waals surface area contributed by atoms with E-state index < -0.39 is 41.2 Å². The molecule has 0 bridgehead atoms. The zero-order valence-electron chi connectivity index (χ0n) is 25.1. The van der Waals surface area contributed by atoms with E-state index in [1.807, 2.05) is 36.4 Å². The maximum atomic E-state index is 13.7. The predicted molar refractivity (Wildman–Crippen MR) is 159 cm³/mol. The number of hydrogen-bond donors (Lipinski definition) is 1. The van der Waals surface area contributed by atoms with Crippen LogP contribution in [0.25, 0.3) is 11.1 Å². The number of carbonyl (C=O) groups is 4. The summed E-state index contributed by atoms with van der Waals surface area (Å²) >= 11 is 0. The third-order valence-electron chi connectivity index (χ3n) is 8.19. The highest BCUT2D eigenvalue weighted by Crippen LogP contribution is 2.46. The first-order chi connectivity index (χ1) is 20.5. The van der Waals surface area contributed by atoms with Gasteiger partial charge in [0.05, 0.1) is 13.2 Å². The van der Waals surface area contributed by atoms with Crippen molar-refractivity contribution >= 4 is 24.1 Å². The maximum Gasteiger partial charge on any atom is 0.411 e. The first-order valence-corrected chi connectivity index (χ1v) is 14.7. The molecule has 0 aromatic heterocycles. The lowest BCUT2D eigenvalue weighted by atomic mass is 9.98. The Morgan fingerprint density at radius 2 is 1.60 bits per heavy atom. The van der Waals surface area contributed by atoms with Crippen LogP contribution in [0.5, 0.6) is 0 Å². The fraction of sp³-hybridized carbons (Fsp3) is 0.455. The van der Waals surface area contributed by atoms with Gasteiger partial charge in [-0.05, 0) is 56.4 Å². The molecule has 1 aliphatic heterocycles. The molecule has 3 atom stereocenters. The number of benzene rings is 2. The van der Waals surface area contributed by atoms with E-state index in [1.54, 1.807) is 33.8 Å². The first-order valence-electron chi connectivity index (χ1n) is 14.7. The molecule has 1 N–H and O–H groups in total. The van der Waals surface area contributed by atoms with Crippen LogP contribution < -0.4 is 5.32 Å². The number of carbonyl (C=O) groups excluding carboxylic acids is 4. The molecule has 43 heavy (non-hydrogen) atoms. The van der Waals surface area contributed by atoms with Crippen LogP contribution >= 0.6 is 0 Å². The number of piperazine rings is 1. The predicted octanol–water partition coefficient (Wildman–Crippen LogP) is 4.48. The molecule has 0 radical (unpaired) electrons. The van der Waals surface area contributed by atoms with Crippen LogP contribution in [-0.4, -0.2) is 83.9 Å². The van der Waals surface area contributed by atoms with Crippen molar-refractivity contribution in [1.29, 1.82) is 0 Å². The van der Waals surface area contributed by atoms with Crippen molar-refractivity contribution < 1.29 is 33.4 Å². The second kappa shape index (κ2) is 11.7. The van der Waals surface area contributed by atoms with Gasteiger partial charge in [0.25, 0.3) is 0 Å². The summed E-state index contributed by atoms with van der Waals surface area (Å²) in [6, 6.07) is 15.0. The van der Waals surface area contributed by atoms with Crippen LogP contribution in [-0.2, 0) is 23.8 Å². The number of hydrogen-bond acceptors (Lipinski definition) is 7. The van der Waals surface area contributed by atoms with Crippen molar-refractivity contribution in [1.82, 2.24) is 15.1 Å². The van der Waals surface area contributed by atoms with Gasteiger partial charge in [-0.1, -0.05) is 54.6 Å². The number of nitrogens with zero attached hydrogens (tertiary/aromatic N) is 2. The van der Waals surface area contributed by atoms with Crippen molar-refractivity contribution in [3.8, 4) is 11.1 Å². The van der Waals surface area contributed by atoms with Gasteiger partial charge in [0.15, 0.2) is 0 Å². The molecule has 3 aliphatic rings. The second-order valence-electron chi connectivity index (χ2n) is 12.2. The number of amides is 3. The minimum atomic E-state index is -1.25. The fourth-order valence-electron chi connectivity index (χ4n) is 5.96. The number of rotatable bonds is 7. The molecule has 1 heterocycles. The van der Waals surface area contributed by atoms with E-state index in [1.165, 1.54) is 9.80 Å². The zero-order valence-corrected chi connectivity index (χ0v) is 25.1. The maximum absolute atomic E-state index is 13.7. The van der Waals surface area contributed by atoms with Gasteiger partial charge >= 0.3 is 18.2 Å². The van der Waals surface area contributed by atoms with Crippen LogP contribution in [0.2, 0.25) is 0 Å². The molecule has 0 spiro atoms. The molecule has 1 unspecified atom stereocenters. The summed E-state index contributed by atoms with van der Waals surface area (Å²) in [5, 5.41) is 2.82. The highest BCUT2D eigenvalue weighted by atomic mass is 16.6. The quantitative estimate of drug-likeness (QED) is 0.288. The molecule has 1 saturated carbocycles. The van der Waals surface area contributed by atoms with E-state index in [0.29, 0.717) is 6.42 Å². The number of nitrogens with one attached hydrogen (secondary N) is 1. The average Bonchev–Trinajstić information content (AvgIpc) is 3.61. The molecular formula is C33H39N3O7. The van der Waals surface area contributed by atoms with Gasteiger partial charge in [-0.3, -0.25) is 9.69 Å². The molecule has 228 valence electrons. The number of esters is 1. The van der Waals surface area contributed by atoms with Crippen LogP contribution in [0.1, 0.15) is 51.2 Å². The van der Waals surface area contributed by atoms with Gasteiger partial charge in [0.1, 0.15) is 23.8 Å². The summed E-state index contributed by atoms with van der Waals surface area (Å²) in [6.07, 6.45) is 0.684. The largest absolute Gasteiger partial charge is 0.464 e. The fourth-order valence-corrected chi connectivity index (χ4v) is 5.96. The normalized spacial score (nSPS) is 22.6. The third-order valence-corrected chi connectivity index (χ3v) is 8.19. The summed E-state index contributed by atoms with van der Waals surface area (Å²) in [5.74, 6) is -1.55. The van der Waals surface area contributed by atoms with Crippen molar-refractivity contribution in [2.75, 3.05) is 32.8 Å². The lowest BCUT2D eigenvalue weighted by Crippen LogP contribution is -2.64. The van der Waals surface area contributed by atoms with Crippen LogP contribution in [0.4, 0.5) is 9.59 Å². The van der Waals surface area contributed by atoms with Gasteiger partial charge in [-0.15, -0.1) is 6.58 Å². The van der Waals surface area contributed by atoms with Gasteiger partial charge in [-0.25, -0.2) is 14.4 Å². The Morgan fingerprint density at radius 3 is 2.16 bits per heavy atom. The second-order valence-corrected chi connectivity index (χ2v) is 12.2. The van der Waals surface area contributed by atoms with E-state index >= 15 is 0 Å². The Hall–Kier alpha value is -4.34. The van der Waals surface area contributed by atoms with Gasteiger partial charge in [0.2, 0.25) is 5.91 Å². The van der Waals surface area contributed by atoms with Crippen LogP contribution in [0.3, 0.4) is 0 Å². The summed E-state index contributed by atoms with van der Waals surface area (Å²) in [5.41, 5.74) is 2.38. The van der Waals surface area contributed by atoms with Crippen LogP contribution in [0.15, 0.2) is 61.2 Å². The Kier molecular flexibility index (Phi) is 8.23. The Morgan fingerprint density at radius 1 is 0.977 bits per heavy atom. The van der Waals surface area contributed by atoms with E-state index in [4.69, 9.17) is 14.2 Å². The lowest BCUT2D eigenvalue weighted by molar-refractivity contribution is -0.150. The Balaban J connectivity index is 1.32. The summed E-state index contributed by atoms with van der Waals surface area (Å²) in [7, 11) is 0. The van der Waals surface area contributed by atoms with E-state index in [2.05, 4.69) is 24.0 Å². The summed E-state index contributed by atoms with van der Waals surface area (Å²) in [6.45, 7) is 11.0. The standard InChI is InChI=1S/C33H39N3O7/c1-6-21-18-33(21,29(38)41-7-2)34-28(37)27-19-35(16-17-36(27)31(40)43-32(3,4)5)30(39)42-20-26-24-14-10-8-12-22(24)23-13-9-11-15-25(23)26/h6,8-15,21,26-27H,1,7,16-20H2,2-5H3,(H,34,37)/t21-,27?,33-/m1/s1. The topological polar surface area (TPSA) is 114 Å². The molecule has 2 aliphatic carbocycles. The number of ether oxygens (including phenoxy) is 3. The monoisotopic (exact) mass is 589 g/mol. The van der Waals surface area contributed by atoms with Crippen molar-refractivity contribution in [2.24, 2.45) is 5.92 Å². The third kappa shape index (κ3) is 5.96. The molecule has 2 fully saturated rings. The first kappa shape index (κ1) is 30.1. The van der Waals surface area contributed by atoms with Crippen LogP contribution in [0, 0.1) is 5.92 Å². The van der Waals surface area contributed by atoms with Gasteiger partial charge < -0.3 is 24.4 Å². The van der Waals surface area contributed by atoms with Gasteiger partial charge in [-0.2, -0.15) is 0 Å². The zero-order chi connectivity index (χ0) is 30.9. The van der Waals surface area contributed by atoms with E-state index in [9.17, 15) is 19.2 Å². The molecule has 2 aromatic carbocycles. The number of fused-ring (bicyclic) bond motifs is 3. The molecule has 5 rings (SSSR count). The van der Waals surface area contributed by atoms with Crippen molar-refractivity contribution in [2.45, 2.75) is 57.2 Å². The molecule has 2 aromatic rings. The molecule has 1 saturated heterocycles. The minimum Gasteiger partial charge on any atom is -0.464 e. The lowest BCUT2D eigenvalue weighted by Gasteiger charge is -2.40. The van der Waals surface area contributed by atoms with Crippen molar-refractivity contribution in [3.63, 3.8) is 0 Å². The highest BCUT2D eigenvalue weighted by Gasteiger charge is 2.62.